The van der Waals surface area contributed by atoms with E-state index in [-0.39, 0.29) is 36.3 Å². The smallest absolute Gasteiger partial charge is 0.328 e. The fraction of sp³-hybridized carbons (Fsp3) is 0.370. The fourth-order valence-corrected chi connectivity index (χ4v) is 4.16. The number of imide groups is 1. The number of esters is 1. The number of benzene rings is 2. The summed E-state index contributed by atoms with van der Waals surface area (Å²) in [6, 6.07) is 9.78. The maximum absolute atomic E-state index is 13.1. The number of nitrogens with one attached hydrogen (secondary N) is 2. The minimum atomic E-state index is -1.05. The molecule has 2 aromatic rings. The predicted octanol–water partition coefficient (Wildman–Crippen LogP) is 0.860. The van der Waals surface area contributed by atoms with Crippen molar-refractivity contribution in [2.24, 2.45) is 0 Å². The lowest BCUT2D eigenvalue weighted by atomic mass is 10.0. The lowest BCUT2D eigenvalue weighted by Gasteiger charge is -2.31. The number of methoxy groups -OCH3 is 4. The SMILES string of the molecule is COC(=O)[C@@H](Cc1ccccc1)NC(=O)CN1C(=O)CC[C@H](NC(=O)c2cc(OC)c(OC)c(OC)c2)C1=O. The second-order valence-electron chi connectivity index (χ2n) is 8.63. The third-order valence-corrected chi connectivity index (χ3v) is 6.15. The molecule has 3 rings (SSSR count). The summed E-state index contributed by atoms with van der Waals surface area (Å²) in [5, 5.41) is 5.15. The van der Waals surface area contributed by atoms with Gasteiger partial charge in [0, 0.05) is 18.4 Å². The molecule has 2 aromatic carbocycles. The molecule has 4 amide bonds. The highest BCUT2D eigenvalue weighted by Gasteiger charge is 2.37. The van der Waals surface area contributed by atoms with E-state index in [4.69, 9.17) is 18.9 Å². The number of amides is 4. The number of ether oxygens (including phenoxy) is 4. The molecule has 12 heteroatoms. The van der Waals surface area contributed by atoms with Gasteiger partial charge in [0.15, 0.2) is 11.5 Å². The number of piperidine rings is 1. The molecule has 1 fully saturated rings. The molecule has 0 aromatic heterocycles. The summed E-state index contributed by atoms with van der Waals surface area (Å²) in [7, 11) is 5.44. The Morgan fingerprint density at radius 1 is 0.974 bits per heavy atom. The molecule has 208 valence electrons. The van der Waals surface area contributed by atoms with Gasteiger partial charge in [-0.25, -0.2) is 4.79 Å². The van der Waals surface area contributed by atoms with Gasteiger partial charge >= 0.3 is 5.97 Å². The van der Waals surface area contributed by atoms with E-state index in [9.17, 15) is 24.0 Å². The van der Waals surface area contributed by atoms with E-state index in [0.29, 0.717) is 5.75 Å². The Morgan fingerprint density at radius 3 is 2.18 bits per heavy atom. The van der Waals surface area contributed by atoms with E-state index >= 15 is 0 Å². The number of hydrogen-bond donors (Lipinski definition) is 2. The van der Waals surface area contributed by atoms with E-state index < -0.39 is 48.2 Å². The molecule has 0 saturated carbocycles. The second-order valence-corrected chi connectivity index (χ2v) is 8.63. The molecule has 0 aliphatic carbocycles. The van der Waals surface area contributed by atoms with Crippen LogP contribution in [0.3, 0.4) is 0 Å². The molecule has 1 aliphatic heterocycles. The maximum atomic E-state index is 13.1. The molecule has 2 N–H and O–H groups in total. The first-order valence-electron chi connectivity index (χ1n) is 12.1. The van der Waals surface area contributed by atoms with Gasteiger partial charge in [-0.05, 0) is 24.1 Å². The van der Waals surface area contributed by atoms with Crippen molar-refractivity contribution in [1.29, 1.82) is 0 Å². The second kappa shape index (κ2) is 13.3. The monoisotopic (exact) mass is 541 g/mol. The minimum Gasteiger partial charge on any atom is -0.493 e. The van der Waals surface area contributed by atoms with Crippen molar-refractivity contribution in [2.45, 2.75) is 31.3 Å². The van der Waals surface area contributed by atoms with E-state index in [1.165, 1.54) is 40.6 Å². The first-order chi connectivity index (χ1) is 18.7. The number of carbonyl (C=O) groups is 5. The zero-order valence-corrected chi connectivity index (χ0v) is 22.1. The molecule has 12 nitrogen and oxygen atoms in total. The predicted molar refractivity (Wildman–Crippen MR) is 137 cm³/mol. The van der Waals surface area contributed by atoms with Crippen LogP contribution < -0.4 is 24.8 Å². The average molecular weight is 542 g/mol. The lowest BCUT2D eigenvalue weighted by molar-refractivity contribution is -0.152. The third kappa shape index (κ3) is 7.03. The summed E-state index contributed by atoms with van der Waals surface area (Å²) in [4.78, 5) is 64.4. The fourth-order valence-electron chi connectivity index (χ4n) is 4.16. The van der Waals surface area contributed by atoms with Gasteiger partial charge in [0.1, 0.15) is 18.6 Å². The van der Waals surface area contributed by atoms with Crippen molar-refractivity contribution in [2.75, 3.05) is 35.0 Å². The molecular formula is C27H31N3O9. The minimum absolute atomic E-state index is 0.0603. The van der Waals surface area contributed by atoms with Crippen LogP contribution in [0.25, 0.3) is 0 Å². The van der Waals surface area contributed by atoms with Crippen LogP contribution in [0.2, 0.25) is 0 Å². The summed E-state index contributed by atoms with van der Waals surface area (Å²) in [6.07, 6.45) is 0.156. The quantitative estimate of drug-likeness (QED) is 0.312. The number of likely N-dealkylation sites (tertiary alicyclic amines) is 1. The normalized spacial score (nSPS) is 15.7. The molecule has 0 bridgehead atoms. The van der Waals surface area contributed by atoms with Gasteiger partial charge in [0.25, 0.3) is 11.8 Å². The van der Waals surface area contributed by atoms with Crippen LogP contribution in [0.1, 0.15) is 28.8 Å². The van der Waals surface area contributed by atoms with Crippen molar-refractivity contribution >= 4 is 29.6 Å². The molecule has 0 radical (unpaired) electrons. The van der Waals surface area contributed by atoms with Crippen LogP contribution in [0.4, 0.5) is 0 Å². The van der Waals surface area contributed by atoms with E-state index in [2.05, 4.69) is 10.6 Å². The molecule has 1 aliphatic rings. The number of carbonyl (C=O) groups excluding carboxylic acids is 5. The Balaban J connectivity index is 1.70. The summed E-state index contributed by atoms with van der Waals surface area (Å²) >= 11 is 0. The molecule has 1 saturated heterocycles. The number of nitrogens with zero attached hydrogens (tertiary/aromatic N) is 1. The molecule has 0 unspecified atom stereocenters. The van der Waals surface area contributed by atoms with E-state index in [1.807, 2.05) is 6.07 Å². The standard InChI is InChI=1S/C27H31N3O9/c1-36-20-13-17(14-21(37-2)24(20)38-3)25(33)29-18-10-11-23(32)30(26(18)34)15-22(31)28-19(27(35)39-4)12-16-8-6-5-7-9-16/h5-9,13-14,18-19H,10-12,15H2,1-4H3,(H,28,31)(H,29,33)/t18-,19+/m0/s1. The average Bonchev–Trinajstić information content (AvgIpc) is 2.95. The van der Waals surface area contributed by atoms with Crippen LogP contribution in [-0.2, 0) is 30.3 Å². The van der Waals surface area contributed by atoms with Gasteiger partial charge in [-0.15, -0.1) is 0 Å². The first kappa shape index (κ1) is 29.0. The molecule has 39 heavy (non-hydrogen) atoms. The lowest BCUT2D eigenvalue weighted by Crippen LogP contribution is -2.57. The molecule has 1 heterocycles. The summed E-state index contributed by atoms with van der Waals surface area (Å²) in [5.41, 5.74) is 0.924. The number of rotatable bonds is 11. The van der Waals surface area contributed by atoms with Crippen molar-refractivity contribution in [1.82, 2.24) is 15.5 Å². The zero-order chi connectivity index (χ0) is 28.5. The van der Waals surface area contributed by atoms with Gasteiger partial charge in [0.05, 0.1) is 28.4 Å². The highest BCUT2D eigenvalue weighted by Crippen LogP contribution is 2.38. The topological polar surface area (TPSA) is 150 Å². The van der Waals surface area contributed by atoms with Crippen molar-refractivity contribution in [3.63, 3.8) is 0 Å². The van der Waals surface area contributed by atoms with Gasteiger partial charge in [-0.2, -0.15) is 0 Å². The van der Waals surface area contributed by atoms with Crippen molar-refractivity contribution in [3.05, 3.63) is 53.6 Å². The zero-order valence-electron chi connectivity index (χ0n) is 22.1. The first-order valence-corrected chi connectivity index (χ1v) is 12.1. The summed E-state index contributed by atoms with van der Waals surface area (Å²) in [5.74, 6) is -2.50. The third-order valence-electron chi connectivity index (χ3n) is 6.15. The van der Waals surface area contributed by atoms with E-state index in [0.717, 1.165) is 10.5 Å². The Labute approximate surface area is 225 Å². The Hall–Kier alpha value is -4.61. The highest BCUT2D eigenvalue weighted by molar-refractivity contribution is 6.06. The molecular weight excluding hydrogens is 510 g/mol. The number of hydrogen-bond acceptors (Lipinski definition) is 9. The Kier molecular flexibility index (Phi) is 9.85. The van der Waals surface area contributed by atoms with Crippen molar-refractivity contribution < 1.29 is 42.9 Å². The molecule has 0 spiro atoms. The molecule has 2 atom stereocenters. The van der Waals surface area contributed by atoms with Crippen molar-refractivity contribution in [3.8, 4) is 17.2 Å². The Bertz CT molecular complexity index is 1210. The van der Waals surface area contributed by atoms with Crippen LogP contribution in [0, 0.1) is 0 Å². The maximum Gasteiger partial charge on any atom is 0.328 e. The summed E-state index contributed by atoms with van der Waals surface area (Å²) in [6.45, 7) is -0.615. The van der Waals surface area contributed by atoms with Crippen LogP contribution in [-0.4, -0.2) is 81.6 Å². The summed E-state index contributed by atoms with van der Waals surface area (Å²) < 4.78 is 20.6. The van der Waals surface area contributed by atoms with E-state index in [1.54, 1.807) is 24.3 Å². The van der Waals surface area contributed by atoms with Crippen LogP contribution in [0.15, 0.2) is 42.5 Å². The van der Waals surface area contributed by atoms with Gasteiger partial charge < -0.3 is 29.6 Å². The Morgan fingerprint density at radius 2 is 1.62 bits per heavy atom. The van der Waals surface area contributed by atoms with Gasteiger partial charge in [0.2, 0.25) is 17.6 Å². The largest absolute Gasteiger partial charge is 0.493 e. The van der Waals surface area contributed by atoms with Gasteiger partial charge in [-0.1, -0.05) is 30.3 Å². The van der Waals surface area contributed by atoms with Gasteiger partial charge in [-0.3, -0.25) is 24.1 Å². The van der Waals surface area contributed by atoms with Crippen LogP contribution in [0.5, 0.6) is 17.2 Å². The highest BCUT2D eigenvalue weighted by atomic mass is 16.5. The van der Waals surface area contributed by atoms with Crippen LogP contribution >= 0.6 is 0 Å².